The van der Waals surface area contributed by atoms with E-state index < -0.39 is 23.2 Å². The fourth-order valence-electron chi connectivity index (χ4n) is 1.87. The van der Waals surface area contributed by atoms with Gasteiger partial charge in [-0.1, -0.05) is 18.5 Å². The van der Waals surface area contributed by atoms with E-state index in [1.54, 1.807) is 18.2 Å². The van der Waals surface area contributed by atoms with Crippen LogP contribution in [0.3, 0.4) is 0 Å². The van der Waals surface area contributed by atoms with Crippen molar-refractivity contribution in [2.24, 2.45) is 0 Å². The highest BCUT2D eigenvalue weighted by atomic mass is 35.5. The largest absolute Gasteiger partial charge is 0.673 e. The van der Waals surface area contributed by atoms with Gasteiger partial charge in [-0.05, 0) is 18.6 Å². The summed E-state index contributed by atoms with van der Waals surface area (Å²) in [5, 5.41) is 1.01. The van der Waals surface area contributed by atoms with Crippen molar-refractivity contribution in [2.45, 2.75) is 25.3 Å². The summed E-state index contributed by atoms with van der Waals surface area (Å²) in [6.07, 6.45) is 1.20. The molecule has 1 heterocycles. The molecule has 1 aromatic heterocycles. The monoisotopic (exact) mass is 366 g/mol. The lowest BCUT2D eigenvalue weighted by Gasteiger charge is -1.99. The number of halogens is 8. The first kappa shape index (κ1) is 19.1. The Hall–Kier alpha value is -0.955. The van der Waals surface area contributed by atoms with Crippen molar-refractivity contribution in [1.82, 2.24) is 0 Å². The van der Waals surface area contributed by atoms with Gasteiger partial charge >= 0.3 is 12.8 Å². The zero-order valence-corrected chi connectivity index (χ0v) is 12.8. The summed E-state index contributed by atoms with van der Waals surface area (Å²) < 4.78 is 78.5. The highest BCUT2D eigenvalue weighted by Crippen LogP contribution is 2.51. The van der Waals surface area contributed by atoms with Gasteiger partial charge in [0, 0.05) is 29.0 Å². The number of alkyl halides is 3. The van der Waals surface area contributed by atoms with Gasteiger partial charge in [-0.25, -0.2) is 0 Å². The molecular formula is C12H11BClF7S. The van der Waals surface area contributed by atoms with Crippen molar-refractivity contribution < 1.29 is 30.4 Å². The van der Waals surface area contributed by atoms with Crippen LogP contribution in [0.1, 0.15) is 18.2 Å². The third-order valence-corrected chi connectivity index (χ3v) is 4.84. The van der Waals surface area contributed by atoms with Crippen molar-refractivity contribution in [3.05, 3.63) is 34.2 Å². The topological polar surface area (TPSA) is 0 Å². The molecular weight excluding hydrogens is 355 g/mol. The first-order valence-corrected chi connectivity index (χ1v) is 7.72. The average Bonchev–Trinajstić information content (AvgIpc) is 2.63. The Kier molecular flexibility index (Phi) is 6.14. The molecule has 1 unspecified atom stereocenters. The first-order valence-electron chi connectivity index (χ1n) is 6.12. The molecule has 10 heteroatoms. The van der Waals surface area contributed by atoms with Crippen molar-refractivity contribution in [3.63, 3.8) is 0 Å². The number of hydrogen-bond donors (Lipinski definition) is 0. The molecule has 0 fully saturated rings. The van der Waals surface area contributed by atoms with E-state index in [1.807, 2.05) is 6.92 Å². The van der Waals surface area contributed by atoms with Gasteiger partial charge in [0.1, 0.15) is 0 Å². The minimum absolute atomic E-state index is 0.313. The molecule has 0 spiro atoms. The van der Waals surface area contributed by atoms with Crippen molar-refractivity contribution >= 4 is 39.4 Å². The van der Waals surface area contributed by atoms with E-state index in [1.165, 1.54) is 6.07 Å². The fourth-order valence-corrected chi connectivity index (χ4v) is 4.20. The van der Waals surface area contributed by atoms with Gasteiger partial charge in [0.05, 0.1) is 10.5 Å². The van der Waals surface area contributed by atoms with E-state index in [-0.39, 0.29) is 0 Å². The van der Waals surface area contributed by atoms with Crippen LogP contribution in [0.4, 0.5) is 30.4 Å². The minimum Gasteiger partial charge on any atom is -0.418 e. The summed E-state index contributed by atoms with van der Waals surface area (Å²) in [5.74, 6) is 0. The number of fused-ring (bicyclic) bond motifs is 1. The van der Waals surface area contributed by atoms with Crippen molar-refractivity contribution in [3.8, 4) is 0 Å². The molecule has 0 amide bonds. The van der Waals surface area contributed by atoms with Crippen LogP contribution < -0.4 is 0 Å². The predicted molar refractivity (Wildman–Crippen MR) is 76.9 cm³/mol. The average molecular weight is 367 g/mol. The van der Waals surface area contributed by atoms with Crippen molar-refractivity contribution in [1.29, 1.82) is 0 Å². The zero-order valence-electron chi connectivity index (χ0n) is 11.2. The Morgan fingerprint density at radius 3 is 2.09 bits per heavy atom. The molecule has 0 N–H and O–H groups in total. The molecule has 1 atom stereocenters. The smallest absolute Gasteiger partial charge is 0.418 e. The number of hydrogen-bond acceptors (Lipinski definition) is 0. The molecule has 2 rings (SSSR count). The molecule has 2 aromatic rings. The van der Waals surface area contributed by atoms with Crippen LogP contribution in [0.5, 0.6) is 0 Å². The Balaban J connectivity index is 0.000000422. The third kappa shape index (κ3) is 5.68. The zero-order chi connectivity index (χ0) is 17.1. The highest BCUT2D eigenvalue weighted by molar-refractivity contribution is 7.38. The van der Waals surface area contributed by atoms with E-state index in [0.717, 1.165) is 0 Å². The minimum atomic E-state index is -6.00. The number of thiophene rings is 1. The maximum absolute atomic E-state index is 13.1. The summed E-state index contributed by atoms with van der Waals surface area (Å²) in [6, 6.07) is 6.38. The summed E-state index contributed by atoms with van der Waals surface area (Å²) in [5.41, 5.74) is -4.21. The predicted octanol–water partition coefficient (Wildman–Crippen LogP) is 6.97. The van der Waals surface area contributed by atoms with E-state index in [0.29, 0.717) is 32.8 Å². The molecule has 0 aliphatic heterocycles. The van der Waals surface area contributed by atoms with E-state index in [9.17, 15) is 30.4 Å². The fraction of sp³-hybridized carbons (Fsp3) is 0.333. The summed E-state index contributed by atoms with van der Waals surface area (Å²) >= 11 is 5.78. The Bertz CT molecular complexity index is 627. The molecule has 22 heavy (non-hydrogen) atoms. The number of aryl methyl sites for hydroxylation is 1. The second kappa shape index (κ2) is 7.08. The van der Waals surface area contributed by atoms with Crippen LogP contribution in [-0.2, 0) is 11.9 Å². The lowest BCUT2D eigenvalue weighted by molar-refractivity contribution is -0.0867. The molecule has 0 aliphatic rings. The Labute approximate surface area is 130 Å². The normalized spacial score (nSPS) is 13.0. The summed E-state index contributed by atoms with van der Waals surface area (Å²) in [4.78, 5) is 0.470. The van der Waals surface area contributed by atoms with Crippen LogP contribution in [0.15, 0.2) is 24.3 Å². The van der Waals surface area contributed by atoms with E-state index in [2.05, 4.69) is 0 Å². The van der Waals surface area contributed by atoms with Crippen LogP contribution in [0.25, 0.3) is 10.1 Å². The quantitative estimate of drug-likeness (QED) is 0.306. The summed E-state index contributed by atoms with van der Waals surface area (Å²) in [7, 11) is -7.79. The lowest BCUT2D eigenvalue weighted by Crippen LogP contribution is -2.02. The lowest BCUT2D eigenvalue weighted by atomic mass is 10.2. The van der Waals surface area contributed by atoms with Crippen LogP contribution in [0.2, 0.25) is 5.02 Å². The Morgan fingerprint density at radius 1 is 1.09 bits per heavy atom. The molecule has 0 saturated heterocycles. The molecule has 0 radical (unpaired) electrons. The van der Waals surface area contributed by atoms with Gasteiger partial charge in [-0.15, -0.1) is 13.2 Å². The standard InChI is InChI=1S/C12H11ClF3S.BF4/c1-2-3-10-6-8-4-5-9(13)7-11(8)17(10)12(14,15)16;2-1(3,4)5/h4-7H,2-3H2,1H3;/q+1;-1. The second-order valence-electron chi connectivity index (χ2n) is 4.29. The van der Waals surface area contributed by atoms with Crippen LogP contribution >= 0.6 is 22.1 Å². The van der Waals surface area contributed by atoms with Gasteiger partial charge in [-0.2, -0.15) is 0 Å². The third-order valence-electron chi connectivity index (χ3n) is 2.50. The molecule has 0 aliphatic carbocycles. The first-order chi connectivity index (χ1) is 9.93. The van der Waals surface area contributed by atoms with Gasteiger partial charge in [0.25, 0.3) is 0 Å². The van der Waals surface area contributed by atoms with Gasteiger partial charge < -0.3 is 17.3 Å². The number of rotatable bonds is 2. The molecule has 124 valence electrons. The van der Waals surface area contributed by atoms with E-state index >= 15 is 0 Å². The molecule has 0 saturated carbocycles. The van der Waals surface area contributed by atoms with Crippen LogP contribution in [0, 0.1) is 0 Å². The number of benzene rings is 1. The molecule has 1 aromatic carbocycles. The molecule has 0 nitrogen and oxygen atoms in total. The van der Waals surface area contributed by atoms with Gasteiger partial charge in [0.2, 0.25) is 0 Å². The van der Waals surface area contributed by atoms with Gasteiger partial charge in [-0.3, -0.25) is 0 Å². The molecule has 0 bridgehead atoms. The SMILES string of the molecule is CCCc1cc2ccc(Cl)cc2[s+]1C(F)(F)F.F[B-](F)(F)F. The Morgan fingerprint density at radius 2 is 1.64 bits per heavy atom. The maximum Gasteiger partial charge on any atom is 0.673 e. The highest BCUT2D eigenvalue weighted by Gasteiger charge is 2.47. The summed E-state index contributed by atoms with van der Waals surface area (Å²) in [6.45, 7) is 1.88. The second-order valence-corrected chi connectivity index (χ2v) is 6.77. The van der Waals surface area contributed by atoms with Crippen molar-refractivity contribution in [2.75, 3.05) is 0 Å². The maximum atomic E-state index is 13.1. The van der Waals surface area contributed by atoms with Gasteiger partial charge in [0.15, 0.2) is 9.58 Å². The van der Waals surface area contributed by atoms with E-state index in [4.69, 9.17) is 11.6 Å². The van der Waals surface area contributed by atoms with Crippen LogP contribution in [-0.4, -0.2) is 7.25 Å².